The van der Waals surface area contributed by atoms with Crippen LogP contribution in [0.3, 0.4) is 0 Å². The van der Waals surface area contributed by atoms with Gasteiger partial charge >= 0.3 is 0 Å². The Morgan fingerprint density at radius 2 is 0.625 bits per heavy atom. The van der Waals surface area contributed by atoms with E-state index in [0.29, 0.717) is 0 Å². The average Bonchev–Trinajstić information content (AvgIpc) is 3.72. The molecule has 2 heterocycles. The highest BCUT2D eigenvalue weighted by atomic mass is 32.1. The molecule has 0 fully saturated rings. The fourth-order valence-electron chi connectivity index (χ4n) is 7.57. The van der Waals surface area contributed by atoms with Gasteiger partial charge in [-0.25, -0.2) is 0 Å². The summed E-state index contributed by atoms with van der Waals surface area (Å²) in [5, 5.41) is 13.2. The average molecular weight is 655 g/mol. The lowest BCUT2D eigenvalue weighted by Gasteiger charge is -2.18. The molecule has 7 aromatic carbocycles. The van der Waals surface area contributed by atoms with Crippen LogP contribution < -0.4 is 0 Å². The van der Waals surface area contributed by atoms with Crippen molar-refractivity contribution in [2.75, 3.05) is 0 Å². The second-order valence-corrected chi connectivity index (χ2v) is 17.4. The molecule has 234 valence electrons. The lowest BCUT2D eigenvalue weighted by atomic mass is 9.84. The molecule has 0 saturated heterocycles. The standard InChI is InChI=1S/C46H38S2/c1-45(2,3)37-25-35-41(39-31-19-11-7-15-27(31)23-28-16-8-12-20-32(28)39)44-36(26-38(48-44)46(4,5)6)42(43(35)47-37)40-33-21-13-9-17-29(33)24-30-18-10-14-22-34(30)40/h7-26H,1-6H3. The number of fused-ring (bicyclic) bond motifs is 6. The Labute approximate surface area is 290 Å². The van der Waals surface area contributed by atoms with Gasteiger partial charge in [0.05, 0.1) is 0 Å². The molecule has 0 aliphatic rings. The topological polar surface area (TPSA) is 0 Å². The summed E-state index contributed by atoms with van der Waals surface area (Å²) in [6, 6.07) is 45.7. The number of hydrogen-bond donors (Lipinski definition) is 0. The molecular weight excluding hydrogens is 617 g/mol. The van der Waals surface area contributed by atoms with Crippen LogP contribution in [0.25, 0.3) is 85.5 Å². The van der Waals surface area contributed by atoms with Crippen molar-refractivity contribution < 1.29 is 0 Å². The van der Waals surface area contributed by atoms with Crippen LogP contribution in [0.2, 0.25) is 0 Å². The highest BCUT2D eigenvalue weighted by molar-refractivity contribution is 7.22. The van der Waals surface area contributed by atoms with E-state index < -0.39 is 0 Å². The van der Waals surface area contributed by atoms with Crippen LogP contribution >= 0.6 is 22.7 Å². The first kappa shape index (κ1) is 29.6. The maximum Gasteiger partial charge on any atom is 0.0438 e. The fourth-order valence-corrected chi connectivity index (χ4v) is 10.1. The van der Waals surface area contributed by atoms with Crippen molar-refractivity contribution >= 4 is 85.9 Å². The summed E-state index contributed by atoms with van der Waals surface area (Å²) in [7, 11) is 0. The SMILES string of the molecule is CC(C)(C)c1cc2c(-c3c4ccccc4cc4ccccc34)c3sc(C(C)(C)C)cc3c(-c3c4ccccc4cc4ccccc34)c2s1. The summed E-state index contributed by atoms with van der Waals surface area (Å²) in [5.41, 5.74) is 5.51. The van der Waals surface area contributed by atoms with E-state index in [9.17, 15) is 0 Å². The van der Waals surface area contributed by atoms with Crippen molar-refractivity contribution in [3.63, 3.8) is 0 Å². The minimum atomic E-state index is 0.0177. The second kappa shape index (κ2) is 10.5. The molecule has 0 nitrogen and oxygen atoms in total. The third kappa shape index (κ3) is 4.46. The number of rotatable bonds is 2. The van der Waals surface area contributed by atoms with Crippen LogP contribution in [0.4, 0.5) is 0 Å². The summed E-state index contributed by atoms with van der Waals surface area (Å²) >= 11 is 4.00. The molecule has 0 N–H and O–H groups in total. The first-order valence-electron chi connectivity index (χ1n) is 16.9. The normalized spacial score (nSPS) is 12.8. The van der Waals surface area contributed by atoms with Gasteiger partial charge in [0.1, 0.15) is 0 Å². The van der Waals surface area contributed by atoms with Crippen molar-refractivity contribution in [2.45, 2.75) is 52.4 Å². The largest absolute Gasteiger partial charge is 0.139 e. The summed E-state index contributed by atoms with van der Waals surface area (Å²) in [4.78, 5) is 2.84. The molecule has 2 heteroatoms. The van der Waals surface area contributed by atoms with E-state index in [2.05, 4.69) is 163 Å². The van der Waals surface area contributed by atoms with Crippen LogP contribution in [0, 0.1) is 0 Å². The van der Waals surface area contributed by atoms with Gasteiger partial charge in [-0.3, -0.25) is 0 Å². The predicted octanol–water partition coefficient (Wildman–Crippen LogP) is 14.7. The Bertz CT molecular complexity index is 2390. The zero-order valence-corrected chi connectivity index (χ0v) is 30.0. The molecule has 0 aliphatic carbocycles. The van der Waals surface area contributed by atoms with Crippen molar-refractivity contribution in [3.8, 4) is 22.3 Å². The Hall–Kier alpha value is -4.50. The van der Waals surface area contributed by atoms with Gasteiger partial charge in [-0.1, -0.05) is 139 Å². The third-order valence-electron chi connectivity index (χ3n) is 9.98. The van der Waals surface area contributed by atoms with Crippen LogP contribution in [0.1, 0.15) is 51.3 Å². The van der Waals surface area contributed by atoms with E-state index in [4.69, 9.17) is 0 Å². The van der Waals surface area contributed by atoms with Gasteiger partial charge in [-0.2, -0.15) is 0 Å². The van der Waals surface area contributed by atoms with E-state index in [1.165, 1.54) is 95.3 Å². The molecule has 0 spiro atoms. The molecule has 0 bridgehead atoms. The molecule has 48 heavy (non-hydrogen) atoms. The van der Waals surface area contributed by atoms with E-state index in [0.717, 1.165) is 0 Å². The van der Waals surface area contributed by atoms with Gasteiger partial charge in [-0.15, -0.1) is 22.7 Å². The second-order valence-electron chi connectivity index (χ2n) is 15.3. The summed E-state index contributed by atoms with van der Waals surface area (Å²) in [5.74, 6) is 0. The Balaban J connectivity index is 1.58. The van der Waals surface area contributed by atoms with Gasteiger partial charge in [0, 0.05) is 41.1 Å². The minimum absolute atomic E-state index is 0.0177. The molecule has 0 unspecified atom stereocenters. The number of thiophene rings is 2. The van der Waals surface area contributed by atoms with Gasteiger partial charge in [0.15, 0.2) is 0 Å². The molecular formula is C46H38S2. The molecule has 2 aromatic heterocycles. The van der Waals surface area contributed by atoms with Crippen LogP contribution in [-0.2, 0) is 10.8 Å². The smallest absolute Gasteiger partial charge is 0.0438 e. The van der Waals surface area contributed by atoms with Crippen LogP contribution in [0.15, 0.2) is 121 Å². The molecule has 0 amide bonds. The minimum Gasteiger partial charge on any atom is -0.139 e. The van der Waals surface area contributed by atoms with E-state index in [1.54, 1.807) is 0 Å². The van der Waals surface area contributed by atoms with Crippen LogP contribution in [0.5, 0.6) is 0 Å². The molecule has 0 atom stereocenters. The summed E-state index contributed by atoms with van der Waals surface area (Å²) < 4.78 is 2.78. The predicted molar refractivity (Wildman–Crippen MR) is 216 cm³/mol. The van der Waals surface area contributed by atoms with Gasteiger partial charge in [0.2, 0.25) is 0 Å². The molecule has 0 radical (unpaired) electrons. The maximum absolute atomic E-state index is 2.54. The summed E-state index contributed by atoms with van der Waals surface area (Å²) in [6.07, 6.45) is 0. The lowest BCUT2D eigenvalue weighted by molar-refractivity contribution is 0.604. The highest BCUT2D eigenvalue weighted by Gasteiger charge is 2.29. The van der Waals surface area contributed by atoms with Gasteiger partial charge in [0.25, 0.3) is 0 Å². The lowest BCUT2D eigenvalue weighted by Crippen LogP contribution is -2.07. The molecule has 9 rings (SSSR count). The van der Waals surface area contributed by atoms with Crippen molar-refractivity contribution in [2.24, 2.45) is 0 Å². The zero-order valence-electron chi connectivity index (χ0n) is 28.4. The van der Waals surface area contributed by atoms with Crippen LogP contribution in [-0.4, -0.2) is 0 Å². The Morgan fingerprint density at radius 1 is 0.333 bits per heavy atom. The highest BCUT2D eigenvalue weighted by Crippen LogP contribution is 2.55. The molecule has 0 aliphatic heterocycles. The van der Waals surface area contributed by atoms with Crippen molar-refractivity contribution in [1.29, 1.82) is 0 Å². The molecule has 9 aromatic rings. The fraction of sp³-hybridized carbons (Fsp3) is 0.174. The summed E-state index contributed by atoms with van der Waals surface area (Å²) in [6.45, 7) is 14.2. The number of benzene rings is 7. The van der Waals surface area contributed by atoms with E-state index >= 15 is 0 Å². The first-order valence-corrected chi connectivity index (χ1v) is 18.6. The van der Waals surface area contributed by atoms with Gasteiger partial charge < -0.3 is 0 Å². The molecule has 0 saturated carbocycles. The Kier molecular flexibility index (Phi) is 6.48. The third-order valence-corrected chi connectivity index (χ3v) is 13.1. The first-order chi connectivity index (χ1) is 23.1. The van der Waals surface area contributed by atoms with Crippen molar-refractivity contribution in [3.05, 3.63) is 131 Å². The quantitative estimate of drug-likeness (QED) is 0.163. The van der Waals surface area contributed by atoms with Crippen molar-refractivity contribution in [1.82, 2.24) is 0 Å². The maximum atomic E-state index is 2.54. The Morgan fingerprint density at radius 3 is 0.917 bits per heavy atom. The zero-order chi connectivity index (χ0) is 32.9. The monoisotopic (exact) mass is 654 g/mol. The number of hydrogen-bond acceptors (Lipinski definition) is 2. The van der Waals surface area contributed by atoms with Gasteiger partial charge in [-0.05, 0) is 89.3 Å². The van der Waals surface area contributed by atoms with E-state index in [-0.39, 0.29) is 10.8 Å². The van der Waals surface area contributed by atoms with E-state index in [1.807, 2.05) is 22.7 Å².